The van der Waals surface area contributed by atoms with Crippen LogP contribution in [0, 0.1) is 0 Å². The quantitative estimate of drug-likeness (QED) is 0.440. The van der Waals surface area contributed by atoms with Gasteiger partial charge < -0.3 is 14.4 Å². The van der Waals surface area contributed by atoms with Gasteiger partial charge in [0.25, 0.3) is 5.91 Å². The number of anilines is 1. The molecule has 1 fully saturated rings. The van der Waals surface area contributed by atoms with Gasteiger partial charge >= 0.3 is 0 Å². The molecular formula is C23H23N3O3S2. The third-order valence-electron chi connectivity index (χ3n) is 4.78. The molecule has 1 saturated heterocycles. The fourth-order valence-corrected chi connectivity index (χ4v) is 5.59. The summed E-state index contributed by atoms with van der Waals surface area (Å²) < 4.78 is 10.8. The molecule has 0 saturated carbocycles. The van der Waals surface area contributed by atoms with Gasteiger partial charge in [-0.1, -0.05) is 17.8 Å². The van der Waals surface area contributed by atoms with Crippen LogP contribution in [0.1, 0.15) is 6.92 Å². The molecule has 2 aromatic rings. The number of carbonyl (C=O) groups excluding carboxylic acids is 1. The molecule has 4 rings (SSSR count). The summed E-state index contributed by atoms with van der Waals surface area (Å²) in [7, 11) is 3.62. The number of methoxy groups -OCH3 is 1. The molecule has 0 N–H and O–H groups in total. The van der Waals surface area contributed by atoms with E-state index < -0.39 is 0 Å². The Labute approximate surface area is 190 Å². The lowest BCUT2D eigenvalue weighted by molar-refractivity contribution is -0.121. The van der Waals surface area contributed by atoms with Gasteiger partial charge in [0, 0.05) is 24.6 Å². The van der Waals surface area contributed by atoms with Crippen molar-refractivity contribution in [1.82, 2.24) is 4.90 Å². The summed E-state index contributed by atoms with van der Waals surface area (Å²) in [6, 6.07) is 13.5. The van der Waals surface area contributed by atoms with Crippen LogP contribution >= 0.6 is 23.5 Å². The van der Waals surface area contributed by atoms with Gasteiger partial charge in [0.15, 0.2) is 5.17 Å². The first-order valence-corrected chi connectivity index (χ1v) is 11.4. The minimum Gasteiger partial charge on any atom is -0.497 e. The van der Waals surface area contributed by atoms with Crippen LogP contribution in [0.15, 0.2) is 74.9 Å². The molecule has 8 heteroatoms. The zero-order valence-corrected chi connectivity index (χ0v) is 19.3. The standard InChI is InChI=1S/C23H23N3O3S2/c1-5-13-26-21(27)20(22-25(3)18-14-17(28-4)11-12-19(18)30-22)31-23(26)24-15-7-9-16(10-8-15)29-6-2/h5,7-12,14H,1,6,13H2,2-4H3/b22-20-,24-23?. The maximum Gasteiger partial charge on any atom is 0.269 e. The molecule has 6 nitrogen and oxygen atoms in total. The molecule has 0 aliphatic carbocycles. The minimum atomic E-state index is -0.0660. The van der Waals surface area contributed by atoms with E-state index in [1.165, 1.54) is 11.8 Å². The number of nitrogens with zero attached hydrogens (tertiary/aromatic N) is 3. The van der Waals surface area contributed by atoms with Crippen molar-refractivity contribution in [3.63, 3.8) is 0 Å². The van der Waals surface area contributed by atoms with Crippen LogP contribution < -0.4 is 14.4 Å². The highest BCUT2D eigenvalue weighted by molar-refractivity contribution is 8.19. The number of thioether (sulfide) groups is 2. The van der Waals surface area contributed by atoms with Crippen LogP contribution in [0.5, 0.6) is 11.5 Å². The van der Waals surface area contributed by atoms with Gasteiger partial charge in [0.1, 0.15) is 16.4 Å². The summed E-state index contributed by atoms with van der Waals surface area (Å²) in [5, 5.41) is 1.53. The third-order valence-corrected chi connectivity index (χ3v) is 7.21. The van der Waals surface area contributed by atoms with Crippen molar-refractivity contribution in [2.24, 2.45) is 4.99 Å². The predicted octanol–water partition coefficient (Wildman–Crippen LogP) is 5.25. The lowest BCUT2D eigenvalue weighted by Gasteiger charge is -2.15. The average Bonchev–Trinajstić information content (AvgIpc) is 3.26. The molecule has 0 radical (unpaired) electrons. The lowest BCUT2D eigenvalue weighted by atomic mass is 10.3. The van der Waals surface area contributed by atoms with E-state index in [2.05, 4.69) is 6.58 Å². The number of fused-ring (bicyclic) bond motifs is 1. The summed E-state index contributed by atoms with van der Waals surface area (Å²) in [6.07, 6.45) is 1.71. The highest BCUT2D eigenvalue weighted by atomic mass is 32.2. The van der Waals surface area contributed by atoms with Crippen molar-refractivity contribution in [2.45, 2.75) is 11.8 Å². The molecule has 160 valence electrons. The van der Waals surface area contributed by atoms with E-state index in [-0.39, 0.29) is 5.91 Å². The van der Waals surface area contributed by atoms with E-state index in [1.807, 2.05) is 61.3 Å². The highest BCUT2D eigenvalue weighted by Crippen LogP contribution is 2.51. The molecular weight excluding hydrogens is 430 g/mol. The average molecular weight is 454 g/mol. The Hall–Kier alpha value is -2.84. The number of hydrogen-bond acceptors (Lipinski definition) is 7. The van der Waals surface area contributed by atoms with Gasteiger partial charge in [-0.25, -0.2) is 4.99 Å². The highest BCUT2D eigenvalue weighted by Gasteiger charge is 2.38. The molecule has 0 unspecified atom stereocenters. The number of ether oxygens (including phenoxy) is 2. The van der Waals surface area contributed by atoms with Crippen LogP contribution in [0.2, 0.25) is 0 Å². The Bertz CT molecular complexity index is 1080. The summed E-state index contributed by atoms with van der Waals surface area (Å²) in [6.45, 7) is 6.76. The lowest BCUT2D eigenvalue weighted by Crippen LogP contribution is -2.29. The summed E-state index contributed by atoms with van der Waals surface area (Å²) in [4.78, 5) is 23.5. The van der Waals surface area contributed by atoms with Crippen molar-refractivity contribution in [1.29, 1.82) is 0 Å². The largest absolute Gasteiger partial charge is 0.497 e. The zero-order valence-electron chi connectivity index (χ0n) is 17.6. The van der Waals surface area contributed by atoms with Gasteiger partial charge in [-0.05, 0) is 55.1 Å². The van der Waals surface area contributed by atoms with E-state index in [4.69, 9.17) is 14.5 Å². The van der Waals surface area contributed by atoms with Crippen LogP contribution in [0.4, 0.5) is 11.4 Å². The van der Waals surface area contributed by atoms with Crippen LogP contribution in [0.3, 0.4) is 0 Å². The fourth-order valence-electron chi connectivity index (χ4n) is 3.26. The van der Waals surface area contributed by atoms with Gasteiger partial charge in [0.05, 0.1) is 30.1 Å². The molecule has 2 heterocycles. The van der Waals surface area contributed by atoms with E-state index in [1.54, 1.807) is 29.8 Å². The van der Waals surface area contributed by atoms with Crippen LogP contribution in [-0.4, -0.2) is 43.3 Å². The van der Waals surface area contributed by atoms with Crippen LogP contribution in [-0.2, 0) is 4.79 Å². The third kappa shape index (κ3) is 4.18. The Morgan fingerprint density at radius 2 is 1.87 bits per heavy atom. The smallest absolute Gasteiger partial charge is 0.269 e. The SMILES string of the molecule is C=CCN1C(=O)/C(=C2/Sc3ccc(OC)cc3N2C)SC1=Nc1ccc(OCC)cc1. The second-order valence-corrected chi connectivity index (χ2v) is 8.76. The number of benzene rings is 2. The number of rotatable bonds is 6. The minimum absolute atomic E-state index is 0.0660. The fraction of sp³-hybridized carbons (Fsp3) is 0.217. The molecule has 0 aromatic heterocycles. The second-order valence-electron chi connectivity index (χ2n) is 6.76. The van der Waals surface area contributed by atoms with E-state index in [9.17, 15) is 4.79 Å². The number of aliphatic imine (C=N–C) groups is 1. The maximum atomic E-state index is 13.3. The van der Waals surface area contributed by atoms with Crippen molar-refractivity contribution < 1.29 is 14.3 Å². The summed E-state index contributed by atoms with van der Waals surface area (Å²) in [5.74, 6) is 1.52. The Morgan fingerprint density at radius 3 is 2.55 bits per heavy atom. The molecule has 0 bridgehead atoms. The number of carbonyl (C=O) groups is 1. The molecule has 1 amide bonds. The van der Waals surface area contributed by atoms with Gasteiger partial charge in [-0.2, -0.15) is 0 Å². The van der Waals surface area contributed by atoms with Gasteiger partial charge in [-0.3, -0.25) is 9.69 Å². The maximum absolute atomic E-state index is 13.3. The number of amides is 1. The van der Waals surface area contributed by atoms with Crippen molar-refractivity contribution in [2.75, 3.05) is 32.2 Å². The molecule has 2 aromatic carbocycles. The van der Waals surface area contributed by atoms with Gasteiger partial charge in [-0.15, -0.1) is 6.58 Å². The number of amidine groups is 1. The Kier molecular flexibility index (Phi) is 6.29. The van der Waals surface area contributed by atoms with E-state index in [0.717, 1.165) is 32.8 Å². The summed E-state index contributed by atoms with van der Waals surface area (Å²) >= 11 is 2.98. The first-order chi connectivity index (χ1) is 15.0. The van der Waals surface area contributed by atoms with Crippen molar-refractivity contribution >= 4 is 46.0 Å². The monoisotopic (exact) mass is 453 g/mol. The first kappa shape index (κ1) is 21.4. The van der Waals surface area contributed by atoms with E-state index >= 15 is 0 Å². The van der Waals surface area contributed by atoms with Crippen LogP contribution in [0.25, 0.3) is 0 Å². The Balaban J connectivity index is 1.67. The molecule has 0 spiro atoms. The first-order valence-electron chi connectivity index (χ1n) is 9.81. The molecule has 31 heavy (non-hydrogen) atoms. The molecule has 2 aliphatic rings. The molecule has 0 atom stereocenters. The number of hydrogen-bond donors (Lipinski definition) is 0. The predicted molar refractivity (Wildman–Crippen MR) is 128 cm³/mol. The summed E-state index contributed by atoms with van der Waals surface area (Å²) in [5.41, 5.74) is 1.78. The van der Waals surface area contributed by atoms with Crippen molar-refractivity contribution in [3.05, 3.63) is 65.1 Å². The van der Waals surface area contributed by atoms with Gasteiger partial charge in [0.2, 0.25) is 0 Å². The molecule has 2 aliphatic heterocycles. The topological polar surface area (TPSA) is 54.4 Å². The van der Waals surface area contributed by atoms with E-state index in [0.29, 0.717) is 23.2 Å². The Morgan fingerprint density at radius 1 is 1.13 bits per heavy atom. The zero-order chi connectivity index (χ0) is 22.0. The van der Waals surface area contributed by atoms with Crippen molar-refractivity contribution in [3.8, 4) is 11.5 Å². The second kappa shape index (κ2) is 9.11. The normalized spacial score (nSPS) is 19.2.